The minimum absolute atomic E-state index is 0.0506. The molecule has 1 aliphatic rings. The van der Waals surface area contributed by atoms with Crippen molar-refractivity contribution in [3.05, 3.63) is 81.9 Å². The SMILES string of the molecule is COC(=O)[C@H](CO[C@H]1O[C@H](CO[Si](C(C)C)(C(C)C)C(C)C)[C@H](OCc2ccccc2)[C@H](OCc2ccccc2)[C@H]1[N+](=O)[O-])NC(=O)OC(C)(C)C. The van der Waals surface area contributed by atoms with Gasteiger partial charge in [-0.2, -0.15) is 0 Å². The molecule has 2 aromatic carbocycles. The smallest absolute Gasteiger partial charge is 0.408 e. The summed E-state index contributed by atoms with van der Waals surface area (Å²) < 4.78 is 42.6. The first-order chi connectivity index (χ1) is 24.5. The molecule has 1 amide bonds. The van der Waals surface area contributed by atoms with Crippen LogP contribution in [0.1, 0.15) is 73.4 Å². The van der Waals surface area contributed by atoms with Crippen LogP contribution in [0.2, 0.25) is 16.6 Å². The van der Waals surface area contributed by atoms with Gasteiger partial charge in [0, 0.05) is 4.92 Å². The molecule has 0 bridgehead atoms. The molecule has 0 aromatic heterocycles. The summed E-state index contributed by atoms with van der Waals surface area (Å²) in [4.78, 5) is 37.8. The molecule has 3 rings (SSSR count). The molecule has 14 heteroatoms. The van der Waals surface area contributed by atoms with Crippen molar-refractivity contribution in [2.45, 2.75) is 134 Å². The van der Waals surface area contributed by atoms with Crippen LogP contribution in [0.3, 0.4) is 0 Å². The van der Waals surface area contributed by atoms with E-state index in [1.54, 1.807) is 20.8 Å². The minimum atomic E-state index is -2.45. The highest BCUT2D eigenvalue weighted by Gasteiger charge is 2.56. The summed E-state index contributed by atoms with van der Waals surface area (Å²) in [6, 6.07) is 15.9. The third kappa shape index (κ3) is 11.8. The number of hydrogen-bond donors (Lipinski definition) is 1. The van der Waals surface area contributed by atoms with Crippen LogP contribution in [0.5, 0.6) is 0 Å². The fourth-order valence-electron chi connectivity index (χ4n) is 6.99. The Labute approximate surface area is 309 Å². The van der Waals surface area contributed by atoms with Gasteiger partial charge in [0.15, 0.2) is 20.5 Å². The van der Waals surface area contributed by atoms with Gasteiger partial charge >= 0.3 is 12.1 Å². The fraction of sp³-hybridized carbons (Fsp3) is 0.632. The third-order valence-electron chi connectivity index (χ3n) is 9.24. The number of carbonyl (C=O) groups excluding carboxylic acids is 2. The van der Waals surface area contributed by atoms with Crippen LogP contribution in [-0.2, 0) is 50.9 Å². The molecule has 0 saturated carbocycles. The molecular weight excluding hydrogens is 689 g/mol. The zero-order valence-electron chi connectivity index (χ0n) is 32.2. The van der Waals surface area contributed by atoms with Crippen molar-refractivity contribution in [3.8, 4) is 0 Å². The summed E-state index contributed by atoms with van der Waals surface area (Å²) in [6.07, 6.45) is -5.40. The van der Waals surface area contributed by atoms with Crippen molar-refractivity contribution in [2.75, 3.05) is 20.3 Å². The lowest BCUT2D eigenvalue weighted by Crippen LogP contribution is -2.64. The van der Waals surface area contributed by atoms with Crippen LogP contribution in [0.15, 0.2) is 60.7 Å². The normalized spacial score (nSPS) is 21.6. The molecule has 1 aliphatic heterocycles. The highest BCUT2D eigenvalue weighted by atomic mass is 28.4. The molecule has 1 saturated heterocycles. The Morgan fingerprint density at radius 1 is 0.846 bits per heavy atom. The maximum Gasteiger partial charge on any atom is 0.408 e. The van der Waals surface area contributed by atoms with Crippen LogP contribution in [0.25, 0.3) is 0 Å². The van der Waals surface area contributed by atoms with Crippen molar-refractivity contribution in [1.29, 1.82) is 0 Å². The molecular formula is C38H58N2O11Si. The molecule has 0 spiro atoms. The minimum Gasteiger partial charge on any atom is -0.467 e. The number of carbonyl (C=O) groups is 2. The van der Waals surface area contributed by atoms with Gasteiger partial charge in [0.05, 0.1) is 33.5 Å². The molecule has 13 nitrogen and oxygen atoms in total. The Bertz CT molecular complexity index is 1380. The van der Waals surface area contributed by atoms with Crippen molar-refractivity contribution in [2.24, 2.45) is 0 Å². The number of rotatable bonds is 18. The number of ether oxygens (including phenoxy) is 6. The summed E-state index contributed by atoms with van der Waals surface area (Å²) in [6.45, 7) is 17.8. The number of nitrogens with zero attached hydrogens (tertiary/aromatic N) is 1. The number of nitrogens with one attached hydrogen (secondary N) is 1. The average Bonchev–Trinajstić information content (AvgIpc) is 3.07. The molecule has 290 valence electrons. The zero-order chi connectivity index (χ0) is 38.6. The maximum atomic E-state index is 13.0. The first-order valence-electron chi connectivity index (χ1n) is 17.9. The third-order valence-corrected chi connectivity index (χ3v) is 15.3. The van der Waals surface area contributed by atoms with Crippen LogP contribution in [0, 0.1) is 10.1 Å². The van der Waals surface area contributed by atoms with Crippen LogP contribution < -0.4 is 5.32 Å². The van der Waals surface area contributed by atoms with Crippen LogP contribution >= 0.6 is 0 Å². The summed E-state index contributed by atoms with van der Waals surface area (Å²) in [5, 5.41) is 15.4. The Hall–Kier alpha value is -3.40. The van der Waals surface area contributed by atoms with E-state index < -0.39 is 74.2 Å². The van der Waals surface area contributed by atoms with Crippen molar-refractivity contribution >= 4 is 20.4 Å². The summed E-state index contributed by atoms with van der Waals surface area (Å²) in [5.74, 6) is -0.832. The lowest BCUT2D eigenvalue weighted by atomic mass is 9.96. The van der Waals surface area contributed by atoms with Gasteiger partial charge in [-0.05, 0) is 48.5 Å². The van der Waals surface area contributed by atoms with E-state index in [2.05, 4.69) is 46.9 Å². The van der Waals surface area contributed by atoms with E-state index in [0.717, 1.165) is 18.2 Å². The van der Waals surface area contributed by atoms with Crippen molar-refractivity contribution in [1.82, 2.24) is 5.32 Å². The highest BCUT2D eigenvalue weighted by Crippen LogP contribution is 2.43. The fourth-order valence-corrected chi connectivity index (χ4v) is 12.4. The summed E-state index contributed by atoms with van der Waals surface area (Å²) in [7, 11) is -1.29. The molecule has 1 fully saturated rings. The van der Waals surface area contributed by atoms with E-state index in [0.29, 0.717) is 0 Å². The standard InChI is InChI=1S/C38H58N2O11Si/c1-25(2)52(26(3)4,27(5)6)49-24-31-33(46-21-28-17-13-11-14-18-28)34(47-22-29-19-15-12-16-20-29)32(40(43)44)36(50-31)48-23-30(35(41)45-10)39-37(42)51-38(7,8)9/h11-20,25-27,30-34,36H,21-24H2,1-10H3,(H,39,42)/t30-,31+,32+,33-,34+,36-/m0/s1. The van der Waals surface area contributed by atoms with Gasteiger partial charge < -0.3 is 38.2 Å². The molecule has 52 heavy (non-hydrogen) atoms. The van der Waals surface area contributed by atoms with E-state index in [1.165, 1.54) is 0 Å². The van der Waals surface area contributed by atoms with Gasteiger partial charge in [-0.3, -0.25) is 10.1 Å². The molecule has 1 heterocycles. The average molecular weight is 747 g/mol. The number of alkyl carbamates (subject to hydrolysis) is 1. The Morgan fingerprint density at radius 2 is 1.35 bits per heavy atom. The molecule has 0 radical (unpaired) electrons. The lowest BCUT2D eigenvalue weighted by Gasteiger charge is -2.46. The number of esters is 1. The van der Waals surface area contributed by atoms with E-state index in [9.17, 15) is 19.7 Å². The first-order valence-corrected chi connectivity index (χ1v) is 20.1. The van der Waals surface area contributed by atoms with Gasteiger partial charge in [-0.1, -0.05) is 102 Å². The second-order valence-electron chi connectivity index (χ2n) is 15.0. The topological polar surface area (TPSA) is 154 Å². The van der Waals surface area contributed by atoms with E-state index in [4.69, 9.17) is 32.8 Å². The second-order valence-corrected chi connectivity index (χ2v) is 20.5. The maximum absolute atomic E-state index is 13.0. The lowest BCUT2D eigenvalue weighted by molar-refractivity contribution is -0.577. The second kappa shape index (κ2) is 19.6. The quantitative estimate of drug-likeness (QED) is 0.0741. The van der Waals surface area contributed by atoms with Gasteiger partial charge in [-0.25, -0.2) is 9.59 Å². The van der Waals surface area contributed by atoms with Gasteiger partial charge in [0.25, 0.3) is 6.04 Å². The van der Waals surface area contributed by atoms with Crippen molar-refractivity contribution < 1.29 is 47.4 Å². The Kier molecular flexibility index (Phi) is 16.2. The van der Waals surface area contributed by atoms with Gasteiger partial charge in [0.1, 0.15) is 17.8 Å². The number of benzene rings is 2. The number of methoxy groups -OCH3 is 1. The van der Waals surface area contributed by atoms with E-state index in [-0.39, 0.29) is 36.4 Å². The monoisotopic (exact) mass is 746 g/mol. The number of hydrogen-bond acceptors (Lipinski definition) is 11. The predicted molar refractivity (Wildman–Crippen MR) is 198 cm³/mol. The molecule has 1 N–H and O–H groups in total. The Morgan fingerprint density at radius 3 is 1.79 bits per heavy atom. The van der Waals surface area contributed by atoms with Crippen molar-refractivity contribution in [3.63, 3.8) is 0 Å². The number of nitro groups is 1. The van der Waals surface area contributed by atoms with E-state index in [1.807, 2.05) is 60.7 Å². The first kappa shape index (κ1) is 43.0. The molecule has 0 aliphatic carbocycles. The molecule has 6 atom stereocenters. The highest BCUT2D eigenvalue weighted by molar-refractivity contribution is 6.77. The Balaban J connectivity index is 2.05. The van der Waals surface area contributed by atoms with Gasteiger partial charge in [-0.15, -0.1) is 0 Å². The number of amides is 1. The predicted octanol–water partition coefficient (Wildman–Crippen LogP) is 6.80. The summed E-state index contributed by atoms with van der Waals surface area (Å²) in [5.41, 5.74) is 1.58. The molecule has 2 aromatic rings. The largest absolute Gasteiger partial charge is 0.467 e. The molecule has 0 unspecified atom stereocenters. The zero-order valence-corrected chi connectivity index (χ0v) is 33.2. The van der Waals surface area contributed by atoms with E-state index >= 15 is 0 Å². The van der Waals surface area contributed by atoms with Crippen LogP contribution in [0.4, 0.5) is 4.79 Å². The summed E-state index contributed by atoms with van der Waals surface area (Å²) >= 11 is 0. The van der Waals surface area contributed by atoms with Gasteiger partial charge in [0.2, 0.25) is 6.29 Å². The van der Waals surface area contributed by atoms with Crippen LogP contribution in [-0.4, -0.2) is 87.9 Å².